The molecule has 0 radical (unpaired) electrons. The van der Waals surface area contributed by atoms with Crippen LogP contribution in [0, 0.1) is 10.1 Å². The van der Waals surface area contributed by atoms with E-state index in [1.807, 2.05) is 0 Å². The van der Waals surface area contributed by atoms with Crippen LogP contribution in [0.1, 0.15) is 0 Å². The van der Waals surface area contributed by atoms with Crippen LogP contribution in [-0.2, 0) is 0 Å². The normalized spacial score (nSPS) is 10.4. The number of hydrogen-bond donors (Lipinski definition) is 0. The van der Waals surface area contributed by atoms with Crippen LogP contribution in [0.3, 0.4) is 0 Å². The van der Waals surface area contributed by atoms with Gasteiger partial charge in [-0.3, -0.25) is 0 Å². The first-order valence-electron chi connectivity index (χ1n) is 3.95. The average Bonchev–Trinajstić information content (AvgIpc) is 2.66. The molecule has 0 unspecified atom stereocenters. The zero-order valence-electron chi connectivity index (χ0n) is 7.54. The van der Waals surface area contributed by atoms with Gasteiger partial charge in [-0.25, -0.2) is 4.98 Å². The summed E-state index contributed by atoms with van der Waals surface area (Å²) in [6, 6.07) is 1.76. The summed E-state index contributed by atoms with van der Waals surface area (Å²) in [5.74, 6) is -0.0274. The lowest BCUT2D eigenvalue weighted by Gasteiger charge is -1.99. The Labute approximate surface area is 106 Å². The summed E-state index contributed by atoms with van der Waals surface area (Å²) >= 11 is 6.53. The van der Waals surface area contributed by atoms with Gasteiger partial charge in [0.05, 0.1) is 4.47 Å². The molecular formula is C7H3Br2N5O2. The second kappa shape index (κ2) is 4.26. The molecule has 9 heteroatoms. The molecule has 2 heterocycles. The second-order valence-electron chi connectivity index (χ2n) is 2.71. The summed E-state index contributed by atoms with van der Waals surface area (Å²) in [5, 5.41) is 14.1. The van der Waals surface area contributed by atoms with Crippen LogP contribution in [0.2, 0.25) is 0 Å². The van der Waals surface area contributed by atoms with Gasteiger partial charge in [-0.2, -0.15) is 0 Å². The fraction of sp³-hybridized carbons (Fsp3) is 0. The summed E-state index contributed by atoms with van der Waals surface area (Å²) in [6.07, 6.45) is 2.80. The molecular weight excluding hydrogens is 346 g/mol. The first kappa shape index (κ1) is 11.1. The molecule has 0 spiro atoms. The topological polar surface area (TPSA) is 86.7 Å². The smallest absolute Gasteiger partial charge is 0.390 e. The summed E-state index contributed by atoms with van der Waals surface area (Å²) < 4.78 is 2.67. The van der Waals surface area contributed by atoms with E-state index in [-0.39, 0.29) is 0 Å². The number of hydrogen-bond acceptors (Lipinski definition) is 5. The Morgan fingerprint density at radius 2 is 2.12 bits per heavy atom. The highest BCUT2D eigenvalue weighted by Gasteiger charge is 2.16. The monoisotopic (exact) mass is 347 g/mol. The Kier molecular flexibility index (Phi) is 2.97. The molecule has 16 heavy (non-hydrogen) atoms. The molecule has 82 valence electrons. The molecule has 0 aliphatic carbocycles. The maximum Gasteiger partial charge on any atom is 0.491 e. The summed E-state index contributed by atoms with van der Waals surface area (Å²) in [4.78, 5) is 17.3. The van der Waals surface area contributed by atoms with E-state index in [4.69, 9.17) is 0 Å². The van der Waals surface area contributed by atoms with Gasteiger partial charge in [0, 0.05) is 15.8 Å². The highest BCUT2D eigenvalue weighted by molar-refractivity contribution is 9.11. The third-order valence-electron chi connectivity index (χ3n) is 1.65. The lowest BCUT2D eigenvalue weighted by molar-refractivity contribution is -0.394. The van der Waals surface area contributed by atoms with E-state index in [1.54, 1.807) is 12.3 Å². The van der Waals surface area contributed by atoms with Gasteiger partial charge < -0.3 is 10.1 Å². The molecule has 2 aromatic rings. The standard InChI is InChI=1S/C7H3Br2N5O2/c8-4-1-5(9)6(10-2-4)13-3-11-7(12-13)14(15)16/h1-3H. The minimum atomic E-state index is -0.663. The molecule has 0 amide bonds. The van der Waals surface area contributed by atoms with E-state index in [2.05, 4.69) is 46.9 Å². The molecule has 0 aromatic carbocycles. The van der Waals surface area contributed by atoms with Crippen LogP contribution in [0.5, 0.6) is 0 Å². The van der Waals surface area contributed by atoms with Crippen LogP contribution in [0.15, 0.2) is 27.5 Å². The molecule has 0 saturated carbocycles. The van der Waals surface area contributed by atoms with Crippen molar-refractivity contribution in [1.82, 2.24) is 19.7 Å². The van der Waals surface area contributed by atoms with Crippen molar-refractivity contribution in [3.63, 3.8) is 0 Å². The molecule has 7 nitrogen and oxygen atoms in total. The molecule has 0 saturated heterocycles. The minimum absolute atomic E-state index is 0.434. The number of halogens is 2. The molecule has 0 atom stereocenters. The molecule has 2 aromatic heterocycles. The van der Waals surface area contributed by atoms with Crippen LogP contribution in [0.25, 0.3) is 5.82 Å². The van der Waals surface area contributed by atoms with Gasteiger partial charge in [-0.15, -0.1) is 4.68 Å². The number of rotatable bonds is 2. The van der Waals surface area contributed by atoms with Crippen molar-refractivity contribution in [3.05, 3.63) is 37.7 Å². The molecule has 0 bridgehead atoms. The van der Waals surface area contributed by atoms with E-state index >= 15 is 0 Å². The zero-order valence-corrected chi connectivity index (χ0v) is 10.7. The fourth-order valence-corrected chi connectivity index (χ4v) is 2.19. The number of pyridine rings is 1. The predicted molar refractivity (Wildman–Crippen MR) is 61.2 cm³/mol. The van der Waals surface area contributed by atoms with Gasteiger partial charge in [-0.05, 0) is 42.8 Å². The third kappa shape index (κ3) is 2.09. The van der Waals surface area contributed by atoms with Gasteiger partial charge in [0.2, 0.25) is 6.33 Å². The van der Waals surface area contributed by atoms with Crippen LogP contribution in [-0.4, -0.2) is 24.7 Å². The highest BCUT2D eigenvalue weighted by Crippen LogP contribution is 2.22. The van der Waals surface area contributed by atoms with Crippen molar-refractivity contribution < 1.29 is 4.92 Å². The van der Waals surface area contributed by atoms with Crippen molar-refractivity contribution in [2.75, 3.05) is 0 Å². The summed E-state index contributed by atoms with van der Waals surface area (Å²) in [5.41, 5.74) is 0. The van der Waals surface area contributed by atoms with E-state index < -0.39 is 10.9 Å². The average molecular weight is 349 g/mol. The van der Waals surface area contributed by atoms with E-state index in [0.29, 0.717) is 10.3 Å². The van der Waals surface area contributed by atoms with Gasteiger partial charge in [0.25, 0.3) is 0 Å². The Balaban J connectivity index is 2.46. The fourth-order valence-electron chi connectivity index (χ4n) is 1.02. The quantitative estimate of drug-likeness (QED) is 0.612. The van der Waals surface area contributed by atoms with Gasteiger partial charge in [0.15, 0.2) is 5.82 Å². The van der Waals surface area contributed by atoms with Crippen molar-refractivity contribution in [1.29, 1.82) is 0 Å². The van der Waals surface area contributed by atoms with Gasteiger partial charge >= 0.3 is 5.95 Å². The Bertz CT molecular complexity index is 555. The maximum atomic E-state index is 10.4. The number of aromatic nitrogens is 4. The highest BCUT2D eigenvalue weighted by atomic mass is 79.9. The second-order valence-corrected chi connectivity index (χ2v) is 4.48. The predicted octanol–water partition coefficient (Wildman–Crippen LogP) is 2.10. The van der Waals surface area contributed by atoms with Crippen LogP contribution >= 0.6 is 31.9 Å². The van der Waals surface area contributed by atoms with Gasteiger partial charge in [-0.1, -0.05) is 4.98 Å². The Morgan fingerprint density at radius 1 is 1.38 bits per heavy atom. The first-order chi connectivity index (χ1) is 7.58. The summed E-state index contributed by atoms with van der Waals surface area (Å²) in [6.45, 7) is 0. The minimum Gasteiger partial charge on any atom is -0.390 e. The molecule has 0 aliphatic rings. The number of nitro groups is 1. The molecule has 0 N–H and O–H groups in total. The van der Waals surface area contributed by atoms with Crippen molar-refractivity contribution in [3.8, 4) is 5.82 Å². The first-order valence-corrected chi connectivity index (χ1v) is 5.54. The van der Waals surface area contributed by atoms with E-state index in [0.717, 1.165) is 4.47 Å². The van der Waals surface area contributed by atoms with Crippen molar-refractivity contribution in [2.45, 2.75) is 0 Å². The maximum absolute atomic E-state index is 10.4. The summed E-state index contributed by atoms with van der Waals surface area (Å²) in [7, 11) is 0. The Hall–Kier alpha value is -1.35. The van der Waals surface area contributed by atoms with Crippen molar-refractivity contribution >= 4 is 37.8 Å². The molecule has 0 fully saturated rings. The molecule has 2 rings (SSSR count). The lowest BCUT2D eigenvalue weighted by atomic mass is 10.5. The number of nitrogens with zero attached hydrogens (tertiary/aromatic N) is 5. The van der Waals surface area contributed by atoms with E-state index in [1.165, 1.54) is 11.0 Å². The SMILES string of the molecule is O=[N+]([O-])c1ncn(-c2ncc(Br)cc2Br)n1. The zero-order chi connectivity index (χ0) is 11.7. The van der Waals surface area contributed by atoms with Crippen molar-refractivity contribution in [2.24, 2.45) is 0 Å². The van der Waals surface area contributed by atoms with Crippen LogP contribution < -0.4 is 0 Å². The third-order valence-corrected chi connectivity index (χ3v) is 2.67. The van der Waals surface area contributed by atoms with Crippen LogP contribution in [0.4, 0.5) is 5.95 Å². The van der Waals surface area contributed by atoms with E-state index in [9.17, 15) is 10.1 Å². The Morgan fingerprint density at radius 3 is 2.69 bits per heavy atom. The van der Waals surface area contributed by atoms with Gasteiger partial charge in [0.1, 0.15) is 0 Å². The molecule has 0 aliphatic heterocycles. The largest absolute Gasteiger partial charge is 0.491 e. The lowest BCUT2D eigenvalue weighted by Crippen LogP contribution is -2.00.